The van der Waals surface area contributed by atoms with Crippen LogP contribution in [0.1, 0.15) is 5.56 Å². The molecule has 0 unspecified atom stereocenters. The number of ether oxygens (including phenoxy) is 1. The van der Waals surface area contributed by atoms with Crippen molar-refractivity contribution in [1.82, 2.24) is 5.32 Å². The van der Waals surface area contributed by atoms with Gasteiger partial charge in [-0.1, -0.05) is 0 Å². The highest BCUT2D eigenvalue weighted by Gasteiger charge is 2.18. The molecule has 0 bridgehead atoms. The zero-order valence-electron chi connectivity index (χ0n) is 9.41. The van der Waals surface area contributed by atoms with Gasteiger partial charge < -0.3 is 10.1 Å². The highest BCUT2D eigenvalue weighted by molar-refractivity contribution is 5.71. The first kappa shape index (κ1) is 14.0. The summed E-state index contributed by atoms with van der Waals surface area (Å²) in [5.41, 5.74) is -0.918. The molecule has 0 saturated heterocycles. The van der Waals surface area contributed by atoms with Crippen molar-refractivity contribution in [2.45, 2.75) is 6.54 Å². The Hall–Kier alpha value is -2.09. The molecule has 0 atom stereocenters. The number of benzene rings is 1. The first-order chi connectivity index (χ1) is 8.45. The maximum absolute atomic E-state index is 13.3. The maximum Gasteiger partial charge on any atom is 0.319 e. The first-order valence-electron chi connectivity index (χ1n) is 4.85. The number of esters is 1. The summed E-state index contributed by atoms with van der Waals surface area (Å²) in [5.74, 6) is -2.73. The summed E-state index contributed by atoms with van der Waals surface area (Å²) in [7, 11) is 1.19. The number of nitrogens with zero attached hydrogens (tertiary/aromatic N) is 1. The lowest BCUT2D eigenvalue weighted by molar-refractivity contribution is -0.387. The van der Waals surface area contributed by atoms with E-state index in [9.17, 15) is 23.7 Å². The molecular formula is C10H10F2N2O4. The fourth-order valence-electron chi connectivity index (χ4n) is 1.23. The van der Waals surface area contributed by atoms with Crippen molar-refractivity contribution in [1.29, 1.82) is 0 Å². The lowest BCUT2D eigenvalue weighted by Gasteiger charge is -2.05. The molecule has 0 aliphatic heterocycles. The normalized spacial score (nSPS) is 10.2. The van der Waals surface area contributed by atoms with Crippen molar-refractivity contribution in [3.8, 4) is 0 Å². The van der Waals surface area contributed by atoms with Crippen LogP contribution in [0.15, 0.2) is 12.1 Å². The van der Waals surface area contributed by atoms with Crippen molar-refractivity contribution < 1.29 is 23.2 Å². The van der Waals surface area contributed by atoms with E-state index in [1.165, 1.54) is 7.11 Å². The van der Waals surface area contributed by atoms with Crippen LogP contribution in [0.4, 0.5) is 14.5 Å². The first-order valence-corrected chi connectivity index (χ1v) is 4.85. The van der Waals surface area contributed by atoms with Gasteiger partial charge in [0.05, 0.1) is 18.6 Å². The van der Waals surface area contributed by atoms with Crippen molar-refractivity contribution in [2.24, 2.45) is 0 Å². The van der Waals surface area contributed by atoms with Gasteiger partial charge >= 0.3 is 11.7 Å². The van der Waals surface area contributed by atoms with Gasteiger partial charge in [0.2, 0.25) is 5.82 Å². The van der Waals surface area contributed by atoms with E-state index >= 15 is 0 Å². The van der Waals surface area contributed by atoms with E-state index in [2.05, 4.69) is 10.1 Å². The second-order valence-electron chi connectivity index (χ2n) is 3.33. The third kappa shape index (κ3) is 3.45. The molecule has 0 radical (unpaired) electrons. The van der Waals surface area contributed by atoms with Gasteiger partial charge in [0.25, 0.3) is 0 Å². The molecule has 0 aromatic heterocycles. The van der Waals surface area contributed by atoms with Crippen LogP contribution >= 0.6 is 0 Å². The predicted octanol–water partition coefficient (Wildman–Crippen LogP) is 1.14. The summed E-state index contributed by atoms with van der Waals surface area (Å²) >= 11 is 0. The Balaban J connectivity index is 2.79. The maximum atomic E-state index is 13.3. The molecule has 8 heteroatoms. The number of methoxy groups -OCH3 is 1. The topological polar surface area (TPSA) is 81.5 Å². The molecule has 0 spiro atoms. The number of carbonyl (C=O) groups excluding carboxylic acids is 1. The number of hydrogen-bond donors (Lipinski definition) is 1. The molecule has 1 N–H and O–H groups in total. The number of halogens is 2. The van der Waals surface area contributed by atoms with Crippen LogP contribution < -0.4 is 5.32 Å². The minimum atomic E-state index is -1.24. The van der Waals surface area contributed by atoms with E-state index < -0.39 is 28.2 Å². The Kier molecular flexibility index (Phi) is 4.67. The average molecular weight is 260 g/mol. The van der Waals surface area contributed by atoms with Crippen LogP contribution in [0, 0.1) is 21.7 Å². The summed E-state index contributed by atoms with van der Waals surface area (Å²) in [6.07, 6.45) is 0. The van der Waals surface area contributed by atoms with Gasteiger partial charge in [0, 0.05) is 24.2 Å². The lowest BCUT2D eigenvalue weighted by Crippen LogP contribution is -2.24. The molecule has 0 saturated carbocycles. The molecule has 1 aromatic carbocycles. The van der Waals surface area contributed by atoms with Gasteiger partial charge in [-0.15, -0.1) is 0 Å². The third-order valence-electron chi connectivity index (χ3n) is 2.13. The summed E-state index contributed by atoms with van der Waals surface area (Å²) < 4.78 is 30.6. The molecule has 0 fully saturated rings. The van der Waals surface area contributed by atoms with Gasteiger partial charge in [-0.2, -0.15) is 4.39 Å². The van der Waals surface area contributed by atoms with Crippen LogP contribution in [0.5, 0.6) is 0 Å². The Morgan fingerprint density at radius 1 is 1.44 bits per heavy atom. The quantitative estimate of drug-likeness (QED) is 0.487. The minimum Gasteiger partial charge on any atom is -0.468 e. The molecule has 0 aliphatic rings. The van der Waals surface area contributed by atoms with Gasteiger partial charge in [-0.3, -0.25) is 14.9 Å². The molecule has 1 aromatic rings. The summed E-state index contributed by atoms with van der Waals surface area (Å²) in [4.78, 5) is 20.3. The number of nitrogens with one attached hydrogen (secondary N) is 1. The largest absolute Gasteiger partial charge is 0.468 e. The average Bonchev–Trinajstić information content (AvgIpc) is 2.31. The Morgan fingerprint density at radius 2 is 2.11 bits per heavy atom. The van der Waals surface area contributed by atoms with Crippen LogP contribution in [-0.4, -0.2) is 24.5 Å². The van der Waals surface area contributed by atoms with E-state index in [1.807, 2.05) is 0 Å². The number of nitro benzene ring substituents is 1. The van der Waals surface area contributed by atoms with Crippen LogP contribution in [0.25, 0.3) is 0 Å². The summed E-state index contributed by atoms with van der Waals surface area (Å²) in [5, 5.41) is 13.0. The minimum absolute atomic E-state index is 0.105. The third-order valence-corrected chi connectivity index (χ3v) is 2.13. The zero-order valence-corrected chi connectivity index (χ0v) is 9.41. The Bertz CT molecular complexity index is 479. The highest BCUT2D eigenvalue weighted by atomic mass is 19.1. The highest BCUT2D eigenvalue weighted by Crippen LogP contribution is 2.21. The van der Waals surface area contributed by atoms with Crippen molar-refractivity contribution in [3.63, 3.8) is 0 Å². The Labute approximate surface area is 101 Å². The van der Waals surface area contributed by atoms with E-state index in [1.54, 1.807) is 0 Å². The van der Waals surface area contributed by atoms with E-state index in [-0.39, 0.29) is 18.7 Å². The fraction of sp³-hybridized carbons (Fsp3) is 0.300. The number of nitro groups is 1. The van der Waals surface area contributed by atoms with Crippen molar-refractivity contribution >= 4 is 11.7 Å². The van der Waals surface area contributed by atoms with Gasteiger partial charge in [0.15, 0.2) is 0 Å². The molecule has 98 valence electrons. The lowest BCUT2D eigenvalue weighted by atomic mass is 10.2. The molecule has 0 aliphatic carbocycles. The smallest absolute Gasteiger partial charge is 0.319 e. The SMILES string of the molecule is COC(=O)CNCc1cc([N+](=O)[O-])c(F)cc1F. The van der Waals surface area contributed by atoms with Crippen LogP contribution in [0.2, 0.25) is 0 Å². The number of hydrogen-bond acceptors (Lipinski definition) is 5. The monoisotopic (exact) mass is 260 g/mol. The van der Waals surface area contributed by atoms with Crippen molar-refractivity contribution in [2.75, 3.05) is 13.7 Å². The van der Waals surface area contributed by atoms with Crippen molar-refractivity contribution in [3.05, 3.63) is 39.4 Å². The molecule has 0 heterocycles. The van der Waals surface area contributed by atoms with E-state index in [4.69, 9.17) is 0 Å². The molecular weight excluding hydrogens is 250 g/mol. The van der Waals surface area contributed by atoms with Gasteiger partial charge in [-0.25, -0.2) is 4.39 Å². The number of rotatable bonds is 5. The summed E-state index contributed by atoms with van der Waals surface area (Å²) in [6, 6.07) is 1.22. The van der Waals surface area contributed by atoms with Gasteiger partial charge in [-0.05, 0) is 0 Å². The molecule has 6 nitrogen and oxygen atoms in total. The second kappa shape index (κ2) is 6.01. The van der Waals surface area contributed by atoms with Crippen LogP contribution in [0.3, 0.4) is 0 Å². The molecule has 1 rings (SSSR count). The van der Waals surface area contributed by atoms with E-state index in [0.29, 0.717) is 6.07 Å². The molecule has 0 amide bonds. The standard InChI is InChI=1S/C10H10F2N2O4/c1-18-10(15)5-13-4-6-2-9(14(16)17)8(12)3-7(6)11/h2-3,13H,4-5H2,1H3. The zero-order chi connectivity index (χ0) is 13.7. The Morgan fingerprint density at radius 3 is 2.67 bits per heavy atom. The molecule has 18 heavy (non-hydrogen) atoms. The number of carbonyl (C=O) groups is 1. The predicted molar refractivity (Wildman–Crippen MR) is 56.7 cm³/mol. The summed E-state index contributed by atoms with van der Waals surface area (Å²) in [6.45, 7) is -0.330. The fourth-order valence-corrected chi connectivity index (χ4v) is 1.23. The van der Waals surface area contributed by atoms with Crippen LogP contribution in [-0.2, 0) is 16.1 Å². The second-order valence-corrected chi connectivity index (χ2v) is 3.33. The van der Waals surface area contributed by atoms with E-state index in [0.717, 1.165) is 6.07 Å². The van der Waals surface area contributed by atoms with Gasteiger partial charge in [0.1, 0.15) is 5.82 Å².